The van der Waals surface area contributed by atoms with Gasteiger partial charge in [-0.2, -0.15) is 0 Å². The number of imide groups is 1. The van der Waals surface area contributed by atoms with E-state index in [0.717, 1.165) is 19.3 Å². The molecule has 2 aromatic rings. The second-order valence-electron chi connectivity index (χ2n) is 7.45. The highest BCUT2D eigenvalue weighted by Crippen LogP contribution is 2.42. The van der Waals surface area contributed by atoms with Crippen LogP contribution >= 0.6 is 0 Å². The summed E-state index contributed by atoms with van der Waals surface area (Å²) in [4.78, 5) is 27.1. The minimum absolute atomic E-state index is 0.141. The Kier molecular flexibility index (Phi) is 4.38. The topological polar surface area (TPSA) is 71.5 Å². The van der Waals surface area contributed by atoms with Crippen molar-refractivity contribution in [2.45, 2.75) is 36.0 Å². The van der Waals surface area contributed by atoms with Gasteiger partial charge in [-0.3, -0.25) is 14.5 Å². The Labute approximate surface area is 158 Å². The zero-order valence-electron chi connectivity index (χ0n) is 15.0. The molecule has 4 rings (SSSR count). The molecule has 2 fully saturated rings. The second kappa shape index (κ2) is 6.60. The number of nitrogens with zero attached hydrogens (tertiary/aromatic N) is 1. The standard InChI is InChI=1S/C21H21NO4S/c1-14-7-12-18-19(13-14)21(24)22(20(18)23)15-8-10-17(11-9-15)27(25,26)16-5-3-2-4-6-16/h2-6,8-11,14,18-19H,7,12-13H2,1H3/t14-,18+,19-/m0/s1. The molecule has 0 radical (unpaired) electrons. The summed E-state index contributed by atoms with van der Waals surface area (Å²) in [5, 5.41) is 0. The number of hydrogen-bond acceptors (Lipinski definition) is 4. The van der Waals surface area contributed by atoms with Crippen LogP contribution in [0.25, 0.3) is 0 Å². The monoisotopic (exact) mass is 383 g/mol. The lowest BCUT2D eigenvalue weighted by molar-refractivity contribution is -0.122. The third-order valence-corrected chi connectivity index (χ3v) is 7.43. The van der Waals surface area contributed by atoms with Gasteiger partial charge in [-0.1, -0.05) is 25.1 Å². The molecule has 1 saturated carbocycles. The van der Waals surface area contributed by atoms with Gasteiger partial charge >= 0.3 is 0 Å². The highest BCUT2D eigenvalue weighted by molar-refractivity contribution is 7.91. The van der Waals surface area contributed by atoms with Crippen LogP contribution in [0.3, 0.4) is 0 Å². The molecule has 2 amide bonds. The van der Waals surface area contributed by atoms with Gasteiger partial charge in [-0.25, -0.2) is 8.42 Å². The van der Waals surface area contributed by atoms with Gasteiger partial charge in [-0.15, -0.1) is 0 Å². The molecule has 27 heavy (non-hydrogen) atoms. The third-order valence-electron chi connectivity index (χ3n) is 5.65. The summed E-state index contributed by atoms with van der Waals surface area (Å²) in [6.45, 7) is 2.11. The molecule has 5 nitrogen and oxygen atoms in total. The van der Waals surface area contributed by atoms with Crippen molar-refractivity contribution < 1.29 is 18.0 Å². The Hall–Kier alpha value is -2.47. The Morgan fingerprint density at radius 1 is 0.815 bits per heavy atom. The molecule has 2 aliphatic rings. The van der Waals surface area contributed by atoms with Crippen LogP contribution in [0.5, 0.6) is 0 Å². The molecule has 0 spiro atoms. The average molecular weight is 383 g/mol. The van der Waals surface area contributed by atoms with Gasteiger partial charge in [0.05, 0.1) is 27.3 Å². The maximum absolute atomic E-state index is 12.8. The smallest absolute Gasteiger partial charge is 0.237 e. The Morgan fingerprint density at radius 2 is 1.41 bits per heavy atom. The van der Waals surface area contributed by atoms with E-state index in [-0.39, 0.29) is 33.4 Å². The first kappa shape index (κ1) is 17.9. The van der Waals surface area contributed by atoms with E-state index in [4.69, 9.17) is 0 Å². The maximum atomic E-state index is 12.8. The van der Waals surface area contributed by atoms with E-state index < -0.39 is 9.84 Å². The minimum Gasteiger partial charge on any atom is -0.274 e. The first-order valence-corrected chi connectivity index (χ1v) is 10.7. The van der Waals surface area contributed by atoms with Gasteiger partial charge in [0.25, 0.3) is 0 Å². The van der Waals surface area contributed by atoms with Gasteiger partial charge in [0.1, 0.15) is 0 Å². The van der Waals surface area contributed by atoms with Gasteiger partial charge in [0.2, 0.25) is 21.7 Å². The lowest BCUT2D eigenvalue weighted by Gasteiger charge is -2.25. The number of rotatable bonds is 3. The van der Waals surface area contributed by atoms with Crippen molar-refractivity contribution in [2.24, 2.45) is 17.8 Å². The summed E-state index contributed by atoms with van der Waals surface area (Å²) >= 11 is 0. The van der Waals surface area contributed by atoms with E-state index in [1.54, 1.807) is 42.5 Å². The molecule has 1 saturated heterocycles. The molecule has 0 aromatic heterocycles. The minimum atomic E-state index is -3.62. The van der Waals surface area contributed by atoms with E-state index in [2.05, 4.69) is 6.92 Å². The van der Waals surface area contributed by atoms with Crippen LogP contribution in [0, 0.1) is 17.8 Å². The number of anilines is 1. The Bertz CT molecular complexity index is 983. The number of sulfone groups is 1. The predicted octanol–water partition coefficient (Wildman–Crippen LogP) is 3.45. The van der Waals surface area contributed by atoms with Crippen LogP contribution in [0.4, 0.5) is 5.69 Å². The van der Waals surface area contributed by atoms with Crippen molar-refractivity contribution in [1.82, 2.24) is 0 Å². The SMILES string of the molecule is C[C@H]1CC[C@H]2C(=O)N(c3ccc(S(=O)(=O)c4ccccc4)cc3)C(=O)[C@H]2C1. The lowest BCUT2D eigenvalue weighted by atomic mass is 9.76. The van der Waals surface area contributed by atoms with E-state index in [1.165, 1.54) is 17.0 Å². The molecule has 2 aromatic carbocycles. The van der Waals surface area contributed by atoms with Crippen molar-refractivity contribution >= 4 is 27.3 Å². The fourth-order valence-electron chi connectivity index (χ4n) is 4.15. The van der Waals surface area contributed by atoms with Gasteiger partial charge in [0.15, 0.2) is 0 Å². The number of hydrogen-bond donors (Lipinski definition) is 0. The summed E-state index contributed by atoms with van der Waals surface area (Å²) in [7, 11) is -3.62. The number of benzene rings is 2. The molecular formula is C21H21NO4S. The molecule has 0 unspecified atom stereocenters. The number of fused-ring (bicyclic) bond motifs is 1. The highest BCUT2D eigenvalue weighted by Gasteiger charge is 2.49. The van der Waals surface area contributed by atoms with Gasteiger partial charge in [0, 0.05) is 0 Å². The Morgan fingerprint density at radius 3 is 2.07 bits per heavy atom. The summed E-state index contributed by atoms with van der Waals surface area (Å²) < 4.78 is 25.4. The first-order chi connectivity index (χ1) is 12.9. The van der Waals surface area contributed by atoms with Crippen molar-refractivity contribution in [2.75, 3.05) is 4.90 Å². The van der Waals surface area contributed by atoms with E-state index in [1.807, 2.05) is 0 Å². The first-order valence-electron chi connectivity index (χ1n) is 9.17. The highest BCUT2D eigenvalue weighted by atomic mass is 32.2. The average Bonchev–Trinajstić information content (AvgIpc) is 2.92. The van der Waals surface area contributed by atoms with Gasteiger partial charge < -0.3 is 0 Å². The molecule has 1 aliphatic carbocycles. The zero-order chi connectivity index (χ0) is 19.2. The number of carbonyl (C=O) groups excluding carboxylic acids is 2. The van der Waals surface area contributed by atoms with Crippen LogP contribution in [-0.4, -0.2) is 20.2 Å². The molecule has 0 bridgehead atoms. The van der Waals surface area contributed by atoms with Crippen LogP contribution in [0.15, 0.2) is 64.4 Å². The zero-order valence-corrected chi connectivity index (χ0v) is 15.9. The van der Waals surface area contributed by atoms with Crippen LogP contribution in [0.1, 0.15) is 26.2 Å². The number of amides is 2. The van der Waals surface area contributed by atoms with E-state index in [0.29, 0.717) is 11.6 Å². The van der Waals surface area contributed by atoms with Crippen LogP contribution < -0.4 is 4.90 Å². The summed E-state index contributed by atoms with van der Waals surface area (Å²) in [6.07, 6.45) is 2.45. The molecule has 1 heterocycles. The third kappa shape index (κ3) is 2.98. The summed E-state index contributed by atoms with van der Waals surface area (Å²) in [5.41, 5.74) is 0.444. The largest absolute Gasteiger partial charge is 0.274 e. The van der Waals surface area contributed by atoms with Crippen LogP contribution in [0.2, 0.25) is 0 Å². The molecule has 0 N–H and O–H groups in total. The fourth-order valence-corrected chi connectivity index (χ4v) is 5.44. The van der Waals surface area contributed by atoms with E-state index >= 15 is 0 Å². The quantitative estimate of drug-likeness (QED) is 0.761. The van der Waals surface area contributed by atoms with Crippen LogP contribution in [-0.2, 0) is 19.4 Å². The maximum Gasteiger partial charge on any atom is 0.237 e. The second-order valence-corrected chi connectivity index (χ2v) is 9.40. The lowest BCUT2D eigenvalue weighted by Crippen LogP contribution is -2.30. The summed E-state index contributed by atoms with van der Waals surface area (Å²) in [6, 6.07) is 14.2. The van der Waals surface area contributed by atoms with Crippen molar-refractivity contribution in [3.63, 3.8) is 0 Å². The molecule has 1 aliphatic heterocycles. The van der Waals surface area contributed by atoms with E-state index in [9.17, 15) is 18.0 Å². The van der Waals surface area contributed by atoms with Crippen molar-refractivity contribution in [3.05, 3.63) is 54.6 Å². The molecular weight excluding hydrogens is 362 g/mol. The van der Waals surface area contributed by atoms with Crippen molar-refractivity contribution in [1.29, 1.82) is 0 Å². The number of carbonyl (C=O) groups is 2. The fraction of sp³-hybridized carbons (Fsp3) is 0.333. The summed E-state index contributed by atoms with van der Waals surface area (Å²) in [5.74, 6) is -0.345. The molecule has 6 heteroatoms. The van der Waals surface area contributed by atoms with Gasteiger partial charge in [-0.05, 0) is 61.6 Å². The normalized spacial score (nSPS) is 25.5. The predicted molar refractivity (Wildman–Crippen MR) is 101 cm³/mol. The molecule has 3 atom stereocenters. The molecule has 140 valence electrons. The Balaban J connectivity index is 1.63. The van der Waals surface area contributed by atoms with Crippen molar-refractivity contribution in [3.8, 4) is 0 Å².